The third-order valence-electron chi connectivity index (χ3n) is 5.04. The Morgan fingerprint density at radius 1 is 1.23 bits per heavy atom. The van der Waals surface area contributed by atoms with Gasteiger partial charge in [0.15, 0.2) is 0 Å². The maximum atomic E-state index is 13.3. The largest absolute Gasteiger partial charge is 0.349 e. The molecule has 2 amide bonds. The van der Waals surface area contributed by atoms with Crippen LogP contribution >= 0.6 is 11.6 Å². The zero-order chi connectivity index (χ0) is 21.1. The minimum atomic E-state index is -0.775. The molecule has 0 radical (unpaired) electrons. The lowest BCUT2D eigenvalue weighted by Crippen LogP contribution is -2.50. The van der Waals surface area contributed by atoms with Crippen molar-refractivity contribution in [1.82, 2.24) is 20.2 Å². The number of H-pyrrole nitrogens is 1. The molecule has 8 heteroatoms. The number of pyridine rings is 1. The van der Waals surface area contributed by atoms with Crippen molar-refractivity contribution < 1.29 is 14.0 Å². The number of carbonyl (C=O) groups is 2. The topological polar surface area (TPSA) is 78.1 Å². The number of halogens is 2. The summed E-state index contributed by atoms with van der Waals surface area (Å²) in [7, 11) is 0. The van der Waals surface area contributed by atoms with E-state index in [0.717, 1.165) is 17.4 Å². The summed E-state index contributed by atoms with van der Waals surface area (Å²) in [6.07, 6.45) is 6.56. The van der Waals surface area contributed by atoms with Crippen LogP contribution in [0.5, 0.6) is 0 Å². The molecule has 1 atom stereocenters. The fourth-order valence-corrected chi connectivity index (χ4v) is 3.65. The van der Waals surface area contributed by atoms with Crippen molar-refractivity contribution in [3.63, 3.8) is 0 Å². The number of rotatable bonds is 5. The first-order chi connectivity index (χ1) is 14.5. The molecule has 0 saturated heterocycles. The highest BCUT2D eigenvalue weighted by Gasteiger charge is 2.27. The van der Waals surface area contributed by atoms with Gasteiger partial charge in [0.05, 0.1) is 11.7 Å². The molecule has 3 aromatic rings. The summed E-state index contributed by atoms with van der Waals surface area (Å²) in [5.74, 6) is -0.926. The van der Waals surface area contributed by atoms with Gasteiger partial charge >= 0.3 is 0 Å². The highest BCUT2D eigenvalue weighted by molar-refractivity contribution is 6.30. The van der Waals surface area contributed by atoms with Crippen molar-refractivity contribution in [2.24, 2.45) is 0 Å². The Kier molecular flexibility index (Phi) is 5.81. The highest BCUT2D eigenvalue weighted by atomic mass is 35.5. The summed E-state index contributed by atoms with van der Waals surface area (Å²) >= 11 is 5.91. The monoisotopic (exact) mass is 426 g/mol. The fourth-order valence-electron chi connectivity index (χ4n) is 3.48. The van der Waals surface area contributed by atoms with Gasteiger partial charge in [-0.15, -0.1) is 0 Å². The Morgan fingerprint density at radius 2 is 2.03 bits per heavy atom. The lowest BCUT2D eigenvalue weighted by atomic mass is 10.0. The summed E-state index contributed by atoms with van der Waals surface area (Å²) in [6, 6.07) is 8.48. The molecule has 2 aromatic heterocycles. The number of fused-ring (bicyclic) bond motifs is 1. The molecule has 154 valence electrons. The molecule has 1 aliphatic heterocycles. The van der Waals surface area contributed by atoms with Crippen LogP contribution in [0.2, 0.25) is 5.15 Å². The SMILES string of the molecule is O=C(N[C@@H](Cc1ccc(F)cc1)C(=O)N1CC=CCC1)c1cc2cc(Cl)ncc2[nH]1. The molecule has 4 rings (SSSR count). The van der Waals surface area contributed by atoms with Gasteiger partial charge in [-0.3, -0.25) is 9.59 Å². The fraction of sp³-hybridized carbons (Fsp3) is 0.227. The summed E-state index contributed by atoms with van der Waals surface area (Å²) in [5.41, 5.74) is 1.74. The summed E-state index contributed by atoms with van der Waals surface area (Å²) in [6.45, 7) is 1.10. The maximum absolute atomic E-state index is 13.3. The average Bonchev–Trinajstić information content (AvgIpc) is 3.18. The van der Waals surface area contributed by atoms with Crippen LogP contribution in [0, 0.1) is 5.82 Å². The molecule has 0 saturated carbocycles. The van der Waals surface area contributed by atoms with E-state index in [9.17, 15) is 14.0 Å². The van der Waals surface area contributed by atoms with Gasteiger partial charge < -0.3 is 15.2 Å². The Labute approximate surface area is 177 Å². The third-order valence-corrected chi connectivity index (χ3v) is 5.25. The maximum Gasteiger partial charge on any atom is 0.268 e. The van der Waals surface area contributed by atoms with E-state index in [2.05, 4.69) is 15.3 Å². The number of carbonyl (C=O) groups excluding carboxylic acids is 2. The third kappa shape index (κ3) is 4.52. The first-order valence-corrected chi connectivity index (χ1v) is 10.0. The predicted molar refractivity (Wildman–Crippen MR) is 113 cm³/mol. The van der Waals surface area contributed by atoms with Crippen molar-refractivity contribution in [3.8, 4) is 0 Å². The second kappa shape index (κ2) is 8.67. The highest BCUT2D eigenvalue weighted by Crippen LogP contribution is 2.18. The lowest BCUT2D eigenvalue weighted by molar-refractivity contribution is -0.132. The molecule has 3 heterocycles. The van der Waals surface area contributed by atoms with Crippen molar-refractivity contribution in [2.75, 3.05) is 13.1 Å². The molecule has 1 aromatic carbocycles. The Bertz CT molecular complexity index is 1110. The normalized spacial score (nSPS) is 14.7. The van der Waals surface area contributed by atoms with E-state index in [1.807, 2.05) is 12.2 Å². The lowest BCUT2D eigenvalue weighted by Gasteiger charge is -2.28. The van der Waals surface area contributed by atoms with E-state index >= 15 is 0 Å². The van der Waals surface area contributed by atoms with Crippen LogP contribution in [-0.2, 0) is 11.2 Å². The Hall–Kier alpha value is -3.19. The van der Waals surface area contributed by atoms with Gasteiger partial charge in [-0.2, -0.15) is 0 Å². The quantitative estimate of drug-likeness (QED) is 0.484. The smallest absolute Gasteiger partial charge is 0.268 e. The van der Waals surface area contributed by atoms with E-state index in [0.29, 0.717) is 29.5 Å². The summed E-state index contributed by atoms with van der Waals surface area (Å²) in [4.78, 5) is 34.7. The molecular weight excluding hydrogens is 407 g/mol. The molecule has 30 heavy (non-hydrogen) atoms. The van der Waals surface area contributed by atoms with Crippen molar-refractivity contribution in [2.45, 2.75) is 18.9 Å². The van der Waals surface area contributed by atoms with Gasteiger partial charge in [-0.25, -0.2) is 9.37 Å². The number of nitrogens with zero attached hydrogens (tertiary/aromatic N) is 2. The van der Waals surface area contributed by atoms with Gasteiger partial charge in [0, 0.05) is 24.9 Å². The minimum absolute atomic E-state index is 0.169. The molecule has 0 aliphatic carbocycles. The number of aromatic nitrogens is 2. The molecule has 0 unspecified atom stereocenters. The number of hydrogen-bond donors (Lipinski definition) is 2. The second-order valence-electron chi connectivity index (χ2n) is 7.18. The van der Waals surface area contributed by atoms with Crippen molar-refractivity contribution in [3.05, 3.63) is 77.0 Å². The zero-order valence-electron chi connectivity index (χ0n) is 16.1. The average molecular weight is 427 g/mol. The number of hydrogen-bond acceptors (Lipinski definition) is 3. The molecule has 0 bridgehead atoms. The van der Waals surface area contributed by atoms with E-state index < -0.39 is 11.9 Å². The van der Waals surface area contributed by atoms with Crippen LogP contribution in [0.25, 0.3) is 10.9 Å². The number of aromatic amines is 1. The molecule has 1 aliphatic rings. The van der Waals surface area contributed by atoms with Gasteiger partial charge in [0.25, 0.3) is 5.91 Å². The molecular formula is C22H20ClFN4O2. The van der Waals surface area contributed by atoms with Crippen LogP contribution in [0.15, 0.2) is 54.7 Å². The minimum Gasteiger partial charge on any atom is -0.349 e. The zero-order valence-corrected chi connectivity index (χ0v) is 16.8. The van der Waals surface area contributed by atoms with E-state index in [4.69, 9.17) is 11.6 Å². The van der Waals surface area contributed by atoms with E-state index in [1.165, 1.54) is 12.1 Å². The number of benzene rings is 1. The summed E-state index contributed by atoms with van der Waals surface area (Å²) in [5, 5.41) is 3.92. The van der Waals surface area contributed by atoms with E-state index in [-0.39, 0.29) is 18.1 Å². The number of amides is 2. The molecule has 0 spiro atoms. The molecule has 0 fully saturated rings. The Balaban J connectivity index is 1.56. The van der Waals surface area contributed by atoms with Crippen molar-refractivity contribution in [1.29, 1.82) is 0 Å². The number of nitrogens with one attached hydrogen (secondary N) is 2. The van der Waals surface area contributed by atoms with Crippen LogP contribution < -0.4 is 5.32 Å². The van der Waals surface area contributed by atoms with Gasteiger partial charge in [0.2, 0.25) is 5.91 Å². The van der Waals surface area contributed by atoms with Crippen LogP contribution in [0.4, 0.5) is 4.39 Å². The predicted octanol–water partition coefficient (Wildman–Crippen LogP) is 3.49. The molecule has 6 nitrogen and oxygen atoms in total. The Morgan fingerprint density at radius 3 is 2.77 bits per heavy atom. The second-order valence-corrected chi connectivity index (χ2v) is 7.57. The van der Waals surface area contributed by atoms with Gasteiger partial charge in [0.1, 0.15) is 22.7 Å². The standard InChI is InChI=1S/C22H20ClFN4O2/c23-20-12-15-11-17(26-19(15)13-25-20)21(29)27-18(10-14-4-6-16(24)7-5-14)22(30)28-8-2-1-3-9-28/h1-2,4-7,11-13,18,26H,3,8-10H2,(H,27,29)/t18-/m0/s1. The first kappa shape index (κ1) is 20.1. The first-order valence-electron chi connectivity index (χ1n) is 9.63. The van der Waals surface area contributed by atoms with Gasteiger partial charge in [-0.1, -0.05) is 35.9 Å². The van der Waals surface area contributed by atoms with Crippen LogP contribution in [0.3, 0.4) is 0 Å². The van der Waals surface area contributed by atoms with Gasteiger partial charge in [-0.05, 0) is 36.2 Å². The van der Waals surface area contributed by atoms with Crippen LogP contribution in [-0.4, -0.2) is 45.8 Å². The summed E-state index contributed by atoms with van der Waals surface area (Å²) < 4.78 is 13.3. The molecule has 2 N–H and O–H groups in total. The van der Waals surface area contributed by atoms with Crippen molar-refractivity contribution >= 4 is 34.3 Å². The van der Waals surface area contributed by atoms with Crippen LogP contribution in [0.1, 0.15) is 22.5 Å². The van der Waals surface area contributed by atoms with E-state index in [1.54, 1.807) is 35.4 Å².